The summed E-state index contributed by atoms with van der Waals surface area (Å²) in [4.78, 5) is 0. The van der Waals surface area contributed by atoms with E-state index in [0.29, 0.717) is 5.69 Å². The van der Waals surface area contributed by atoms with Crippen LogP contribution in [0.4, 0.5) is 5.69 Å². The van der Waals surface area contributed by atoms with Crippen molar-refractivity contribution in [2.75, 3.05) is 24.6 Å². The van der Waals surface area contributed by atoms with Gasteiger partial charge in [0.2, 0.25) is 10.0 Å². The second-order valence-corrected chi connectivity index (χ2v) is 6.65. The minimum Gasteiger partial charge on any atom is -0.320 e. The number of aromatic nitrogens is 2. The van der Waals surface area contributed by atoms with Crippen LogP contribution in [0.2, 0.25) is 0 Å². The number of benzene rings is 1. The van der Waals surface area contributed by atoms with Crippen LogP contribution in [0.1, 0.15) is 6.42 Å². The van der Waals surface area contributed by atoms with Crippen molar-refractivity contribution >= 4 is 15.7 Å². The zero-order valence-corrected chi connectivity index (χ0v) is 13.0. The fourth-order valence-electron chi connectivity index (χ4n) is 2.03. The van der Waals surface area contributed by atoms with Crippen molar-refractivity contribution < 1.29 is 8.42 Å². The Bertz CT molecular complexity index is 695. The van der Waals surface area contributed by atoms with E-state index in [9.17, 15) is 8.42 Å². The summed E-state index contributed by atoms with van der Waals surface area (Å²) in [5.41, 5.74) is 2.46. The van der Waals surface area contributed by atoms with Crippen molar-refractivity contribution in [1.29, 1.82) is 0 Å². The van der Waals surface area contributed by atoms with E-state index in [-0.39, 0.29) is 0 Å². The highest BCUT2D eigenvalue weighted by atomic mass is 32.2. The van der Waals surface area contributed by atoms with Gasteiger partial charge in [-0.15, -0.1) is 0 Å². The zero-order valence-electron chi connectivity index (χ0n) is 12.2. The normalized spacial score (nSPS) is 11.5. The van der Waals surface area contributed by atoms with E-state index >= 15 is 0 Å². The molecule has 0 fully saturated rings. The third kappa shape index (κ3) is 4.87. The molecule has 1 aromatic carbocycles. The molecule has 0 radical (unpaired) electrons. The van der Waals surface area contributed by atoms with Crippen molar-refractivity contribution in [2.45, 2.75) is 13.0 Å². The minimum atomic E-state index is -3.26. The Morgan fingerprint density at radius 1 is 1.29 bits per heavy atom. The Kier molecular flexibility index (Phi) is 4.98. The maximum Gasteiger partial charge on any atom is 0.229 e. The number of nitrogens with one attached hydrogen (secondary N) is 2. The van der Waals surface area contributed by atoms with Gasteiger partial charge in [0.1, 0.15) is 0 Å². The molecule has 0 saturated carbocycles. The maximum absolute atomic E-state index is 11.3. The van der Waals surface area contributed by atoms with Gasteiger partial charge in [-0.1, -0.05) is 12.1 Å². The Morgan fingerprint density at radius 3 is 2.81 bits per heavy atom. The maximum atomic E-state index is 11.3. The van der Waals surface area contributed by atoms with E-state index in [1.807, 2.05) is 30.1 Å². The Morgan fingerprint density at radius 2 is 2.10 bits per heavy atom. The first-order chi connectivity index (χ1) is 9.98. The van der Waals surface area contributed by atoms with Gasteiger partial charge in [-0.2, -0.15) is 5.10 Å². The smallest absolute Gasteiger partial charge is 0.229 e. The number of rotatable bonds is 7. The molecule has 0 aliphatic carbocycles. The largest absolute Gasteiger partial charge is 0.320 e. The van der Waals surface area contributed by atoms with Gasteiger partial charge in [0, 0.05) is 24.0 Å². The lowest BCUT2D eigenvalue weighted by atomic mass is 10.1. The van der Waals surface area contributed by atoms with Crippen molar-refractivity contribution in [2.24, 2.45) is 0 Å². The Hall–Kier alpha value is -1.86. The quantitative estimate of drug-likeness (QED) is 0.761. The second kappa shape index (κ2) is 6.73. The lowest BCUT2D eigenvalue weighted by Crippen LogP contribution is -2.11. The summed E-state index contributed by atoms with van der Waals surface area (Å²) in [6.07, 6.45) is 5.90. The summed E-state index contributed by atoms with van der Waals surface area (Å²) in [5, 5.41) is 7.42. The van der Waals surface area contributed by atoms with Crippen molar-refractivity contribution in [3.05, 3.63) is 36.7 Å². The van der Waals surface area contributed by atoms with Crippen LogP contribution in [0, 0.1) is 0 Å². The van der Waals surface area contributed by atoms with Gasteiger partial charge in [0.15, 0.2) is 0 Å². The van der Waals surface area contributed by atoms with Gasteiger partial charge in [0.05, 0.1) is 12.5 Å². The monoisotopic (exact) mass is 308 g/mol. The van der Waals surface area contributed by atoms with E-state index in [2.05, 4.69) is 15.1 Å². The van der Waals surface area contributed by atoms with E-state index in [1.165, 1.54) is 0 Å². The Balaban J connectivity index is 2.13. The molecule has 114 valence electrons. The molecule has 0 aliphatic heterocycles. The van der Waals surface area contributed by atoms with Gasteiger partial charge in [-0.3, -0.25) is 9.40 Å². The molecule has 7 heteroatoms. The molecule has 0 spiro atoms. The predicted octanol–water partition coefficient (Wildman–Crippen LogP) is 1.53. The summed E-state index contributed by atoms with van der Waals surface area (Å²) in [6.45, 7) is 1.80. The van der Waals surface area contributed by atoms with Gasteiger partial charge < -0.3 is 5.32 Å². The minimum absolute atomic E-state index is 0.554. The topological polar surface area (TPSA) is 76.0 Å². The van der Waals surface area contributed by atoms with Gasteiger partial charge in [-0.25, -0.2) is 8.42 Å². The fourth-order valence-corrected chi connectivity index (χ4v) is 2.58. The molecule has 0 unspecified atom stereocenters. The van der Waals surface area contributed by atoms with E-state index in [0.717, 1.165) is 36.9 Å². The van der Waals surface area contributed by atoms with Crippen molar-refractivity contribution in [3.63, 3.8) is 0 Å². The average molecular weight is 308 g/mol. The predicted molar refractivity (Wildman–Crippen MR) is 84.7 cm³/mol. The van der Waals surface area contributed by atoms with Crippen LogP contribution < -0.4 is 10.0 Å². The number of hydrogen-bond acceptors (Lipinski definition) is 4. The molecule has 6 nitrogen and oxygen atoms in total. The molecule has 2 rings (SSSR count). The van der Waals surface area contributed by atoms with Crippen LogP contribution in [0.5, 0.6) is 0 Å². The molecular formula is C14H20N4O2S. The van der Waals surface area contributed by atoms with E-state index in [1.54, 1.807) is 18.3 Å². The van der Waals surface area contributed by atoms with Gasteiger partial charge in [-0.05, 0) is 37.7 Å². The highest BCUT2D eigenvalue weighted by molar-refractivity contribution is 7.92. The molecule has 0 atom stereocenters. The average Bonchev–Trinajstić information content (AvgIpc) is 2.86. The van der Waals surface area contributed by atoms with Crippen LogP contribution in [0.25, 0.3) is 11.1 Å². The Labute approximate surface area is 125 Å². The highest BCUT2D eigenvalue weighted by Gasteiger charge is 2.05. The third-order valence-electron chi connectivity index (χ3n) is 2.95. The fraction of sp³-hybridized carbons (Fsp3) is 0.357. The first-order valence-electron chi connectivity index (χ1n) is 6.73. The van der Waals surface area contributed by atoms with Gasteiger partial charge >= 0.3 is 0 Å². The molecule has 2 N–H and O–H groups in total. The number of nitrogens with zero attached hydrogens (tertiary/aromatic N) is 2. The van der Waals surface area contributed by atoms with Crippen LogP contribution in [0.3, 0.4) is 0 Å². The van der Waals surface area contributed by atoms with Crippen LogP contribution in [-0.2, 0) is 16.6 Å². The van der Waals surface area contributed by atoms with Gasteiger partial charge in [0.25, 0.3) is 0 Å². The van der Waals surface area contributed by atoms with Crippen LogP contribution in [-0.4, -0.2) is 38.0 Å². The number of anilines is 1. The number of aryl methyl sites for hydroxylation is 1. The summed E-state index contributed by atoms with van der Waals surface area (Å²) in [5.74, 6) is 0. The first-order valence-corrected chi connectivity index (χ1v) is 8.62. The SMILES string of the molecule is CNCCCn1cc(-c2cccc(NS(C)(=O)=O)c2)cn1. The lowest BCUT2D eigenvalue weighted by Gasteiger charge is -2.05. The number of sulfonamides is 1. The summed E-state index contributed by atoms with van der Waals surface area (Å²) in [7, 11) is -1.34. The van der Waals surface area contributed by atoms with Crippen LogP contribution >= 0.6 is 0 Å². The first kappa shape index (κ1) is 15.5. The summed E-state index contributed by atoms with van der Waals surface area (Å²) in [6, 6.07) is 7.28. The van der Waals surface area contributed by atoms with E-state index in [4.69, 9.17) is 0 Å². The summed E-state index contributed by atoms with van der Waals surface area (Å²) >= 11 is 0. The molecule has 21 heavy (non-hydrogen) atoms. The summed E-state index contributed by atoms with van der Waals surface area (Å²) < 4.78 is 26.9. The molecular weight excluding hydrogens is 288 g/mol. The molecule has 0 aliphatic rings. The molecule has 0 saturated heterocycles. The second-order valence-electron chi connectivity index (χ2n) is 4.90. The van der Waals surface area contributed by atoms with Crippen LogP contribution in [0.15, 0.2) is 36.7 Å². The molecule has 0 bridgehead atoms. The lowest BCUT2D eigenvalue weighted by molar-refractivity contribution is 0.562. The number of hydrogen-bond donors (Lipinski definition) is 2. The van der Waals surface area contributed by atoms with E-state index < -0.39 is 10.0 Å². The molecule has 1 aromatic heterocycles. The highest BCUT2D eigenvalue weighted by Crippen LogP contribution is 2.22. The van der Waals surface area contributed by atoms with Crippen molar-refractivity contribution in [3.8, 4) is 11.1 Å². The van der Waals surface area contributed by atoms with Crippen molar-refractivity contribution in [1.82, 2.24) is 15.1 Å². The molecule has 2 aromatic rings. The zero-order chi connectivity index (χ0) is 15.3. The molecule has 1 heterocycles. The molecule has 0 amide bonds. The third-order valence-corrected chi connectivity index (χ3v) is 3.55. The standard InChI is InChI=1S/C14H20N4O2S/c1-15-7-4-8-18-11-13(10-16-18)12-5-3-6-14(9-12)17-21(2,19)20/h3,5-6,9-11,15,17H,4,7-8H2,1-2H3.